The highest BCUT2D eigenvalue weighted by Gasteiger charge is 2.47. The minimum atomic E-state index is -4.52. The van der Waals surface area contributed by atoms with Crippen LogP contribution in [0.5, 0.6) is 0 Å². The molecule has 10 heavy (non-hydrogen) atoms. The van der Waals surface area contributed by atoms with Crippen molar-refractivity contribution in [1.82, 2.24) is 0 Å². The summed E-state index contributed by atoms with van der Waals surface area (Å²) < 4.78 is 47.5. The fraction of sp³-hybridized carbons (Fsp3) is 1.00. The summed E-state index contributed by atoms with van der Waals surface area (Å²) in [7, 11) is 0. The van der Waals surface area contributed by atoms with Crippen LogP contribution in [0.3, 0.4) is 0 Å². The van der Waals surface area contributed by atoms with Crippen LogP contribution < -0.4 is 0 Å². The maximum absolute atomic E-state index is 12.5. The van der Waals surface area contributed by atoms with Crippen LogP contribution in [0.2, 0.25) is 0 Å². The monoisotopic (exact) mass is 222 g/mol. The van der Waals surface area contributed by atoms with Gasteiger partial charge < -0.3 is 0 Å². The van der Waals surface area contributed by atoms with E-state index in [4.69, 9.17) is 0 Å². The molecule has 62 valence electrons. The first-order valence-corrected chi connectivity index (χ1v) is 3.47. The molecule has 0 aromatic carbocycles. The van der Waals surface area contributed by atoms with Crippen LogP contribution in [-0.2, 0) is 0 Å². The molecule has 5 heteroatoms. The van der Waals surface area contributed by atoms with Crippen molar-refractivity contribution in [2.75, 3.05) is 0 Å². The van der Waals surface area contributed by atoms with Crippen LogP contribution in [-0.4, -0.2) is 16.7 Å². The van der Waals surface area contributed by atoms with Gasteiger partial charge in [0.2, 0.25) is 0 Å². The molecule has 0 aromatic rings. The fourth-order valence-corrected chi connectivity index (χ4v) is 0.389. The number of alkyl halides is 5. The number of hydrogen-bond donors (Lipinski definition) is 0. The van der Waals surface area contributed by atoms with E-state index < -0.39 is 16.7 Å². The summed E-state index contributed by atoms with van der Waals surface area (Å²) >= 11 is 2.22. The van der Waals surface area contributed by atoms with Crippen molar-refractivity contribution in [2.24, 2.45) is 0 Å². The molecule has 0 amide bonds. The van der Waals surface area contributed by atoms with Gasteiger partial charge in [-0.1, -0.05) is 15.9 Å². The van der Waals surface area contributed by atoms with Crippen LogP contribution in [0, 0.1) is 0 Å². The third kappa shape index (κ3) is 2.86. The quantitative estimate of drug-likeness (QED) is 0.473. The van der Waals surface area contributed by atoms with E-state index in [1.165, 1.54) is 0 Å². The molecule has 0 unspecified atom stereocenters. The van der Waals surface area contributed by atoms with Gasteiger partial charge in [-0.15, -0.1) is 0 Å². The SMILES string of the molecule is CC(C)(F)[C@@H](Br)C(F)(F)F. The molecule has 0 heterocycles. The summed E-state index contributed by atoms with van der Waals surface area (Å²) in [5, 5.41) is 0. The Morgan fingerprint density at radius 3 is 1.40 bits per heavy atom. The van der Waals surface area contributed by atoms with Gasteiger partial charge >= 0.3 is 6.18 Å². The molecule has 1 atom stereocenters. The molecule has 0 nitrogen and oxygen atoms in total. The van der Waals surface area contributed by atoms with Crippen molar-refractivity contribution in [3.8, 4) is 0 Å². The van der Waals surface area contributed by atoms with Crippen molar-refractivity contribution in [3.63, 3.8) is 0 Å². The topological polar surface area (TPSA) is 0 Å². The molecule has 0 aliphatic rings. The highest BCUT2D eigenvalue weighted by atomic mass is 79.9. The summed E-state index contributed by atoms with van der Waals surface area (Å²) in [4.78, 5) is -2.09. The lowest BCUT2D eigenvalue weighted by molar-refractivity contribution is -0.147. The molecule has 0 rings (SSSR count). The number of halogens is 5. The first kappa shape index (κ1) is 10.2. The lowest BCUT2D eigenvalue weighted by atomic mass is 10.1. The van der Waals surface area contributed by atoms with E-state index in [1.807, 2.05) is 0 Å². The minimum absolute atomic E-state index is 0.875. The maximum atomic E-state index is 12.5. The Bertz CT molecular complexity index is 97.8. The highest BCUT2D eigenvalue weighted by Crippen LogP contribution is 2.35. The second kappa shape index (κ2) is 2.68. The Hall–Kier alpha value is 0.200. The summed E-state index contributed by atoms with van der Waals surface area (Å²) in [5.74, 6) is 0. The van der Waals surface area contributed by atoms with Crippen molar-refractivity contribution in [3.05, 3.63) is 0 Å². The Balaban J connectivity index is 4.23. The number of rotatable bonds is 1. The van der Waals surface area contributed by atoms with Gasteiger partial charge in [0, 0.05) is 0 Å². The van der Waals surface area contributed by atoms with Crippen LogP contribution >= 0.6 is 15.9 Å². The molecular formula is C5H7BrF4. The lowest BCUT2D eigenvalue weighted by Crippen LogP contribution is -2.38. The van der Waals surface area contributed by atoms with Gasteiger partial charge in [-0.25, -0.2) is 4.39 Å². The minimum Gasteiger partial charge on any atom is -0.243 e. The van der Waals surface area contributed by atoms with Gasteiger partial charge in [-0.3, -0.25) is 0 Å². The Labute approximate surface area is 64.7 Å². The van der Waals surface area contributed by atoms with Crippen LogP contribution in [0.1, 0.15) is 13.8 Å². The molecule has 0 aromatic heterocycles. The van der Waals surface area contributed by atoms with E-state index in [0.717, 1.165) is 13.8 Å². The van der Waals surface area contributed by atoms with Crippen molar-refractivity contribution < 1.29 is 17.6 Å². The molecule has 0 saturated carbocycles. The molecule has 0 N–H and O–H groups in total. The van der Waals surface area contributed by atoms with Crippen LogP contribution in [0.4, 0.5) is 17.6 Å². The summed E-state index contributed by atoms with van der Waals surface area (Å²) in [5.41, 5.74) is -2.27. The third-order valence-corrected chi connectivity index (χ3v) is 2.50. The Kier molecular flexibility index (Phi) is 2.73. The van der Waals surface area contributed by atoms with Gasteiger partial charge in [0.05, 0.1) is 0 Å². The van der Waals surface area contributed by atoms with E-state index >= 15 is 0 Å². The molecule has 0 spiro atoms. The molecular weight excluding hydrogens is 216 g/mol. The van der Waals surface area contributed by atoms with Gasteiger partial charge in [0.1, 0.15) is 10.5 Å². The summed E-state index contributed by atoms with van der Waals surface area (Å²) in [6, 6.07) is 0. The van der Waals surface area contributed by atoms with E-state index in [9.17, 15) is 17.6 Å². The summed E-state index contributed by atoms with van der Waals surface area (Å²) in [6.45, 7) is 1.75. The predicted molar refractivity (Wildman–Crippen MR) is 34.0 cm³/mol. The second-order valence-corrected chi connectivity index (χ2v) is 3.38. The first-order chi connectivity index (χ1) is 4.15. The van der Waals surface area contributed by atoms with Gasteiger partial charge in [-0.05, 0) is 13.8 Å². The molecule has 0 radical (unpaired) electrons. The predicted octanol–water partition coefficient (Wildman–Crippen LogP) is 3.06. The summed E-state index contributed by atoms with van der Waals surface area (Å²) in [6.07, 6.45) is -4.52. The molecule has 0 saturated heterocycles. The van der Waals surface area contributed by atoms with Gasteiger partial charge in [0.15, 0.2) is 0 Å². The molecule has 0 aliphatic carbocycles. The second-order valence-electron chi connectivity index (χ2n) is 2.47. The first-order valence-electron chi connectivity index (χ1n) is 2.55. The van der Waals surface area contributed by atoms with E-state index in [2.05, 4.69) is 15.9 Å². The van der Waals surface area contributed by atoms with E-state index in [1.54, 1.807) is 0 Å². The van der Waals surface area contributed by atoms with Gasteiger partial charge in [-0.2, -0.15) is 13.2 Å². The maximum Gasteiger partial charge on any atom is 0.404 e. The zero-order chi connectivity index (χ0) is 8.58. The van der Waals surface area contributed by atoms with Crippen molar-refractivity contribution in [2.45, 2.75) is 30.5 Å². The number of hydrogen-bond acceptors (Lipinski definition) is 0. The van der Waals surface area contributed by atoms with Crippen molar-refractivity contribution in [1.29, 1.82) is 0 Å². The van der Waals surface area contributed by atoms with Crippen molar-refractivity contribution >= 4 is 15.9 Å². The van der Waals surface area contributed by atoms with Crippen LogP contribution in [0.15, 0.2) is 0 Å². The average Bonchev–Trinajstić information content (AvgIpc) is 1.59. The van der Waals surface area contributed by atoms with Gasteiger partial charge in [0.25, 0.3) is 0 Å². The average molecular weight is 223 g/mol. The molecule has 0 aliphatic heterocycles. The zero-order valence-electron chi connectivity index (χ0n) is 5.47. The van der Waals surface area contributed by atoms with E-state index in [0.29, 0.717) is 0 Å². The van der Waals surface area contributed by atoms with E-state index in [-0.39, 0.29) is 0 Å². The van der Waals surface area contributed by atoms with Crippen LogP contribution in [0.25, 0.3) is 0 Å². The Morgan fingerprint density at radius 2 is 1.40 bits per heavy atom. The standard InChI is InChI=1S/C5H7BrF4/c1-4(2,7)3(6)5(8,9)10/h3H,1-2H3/t3-/m1/s1. The normalized spacial score (nSPS) is 17.1. The largest absolute Gasteiger partial charge is 0.404 e. The smallest absolute Gasteiger partial charge is 0.243 e. The third-order valence-electron chi connectivity index (χ3n) is 0.890. The molecule has 0 bridgehead atoms. The zero-order valence-corrected chi connectivity index (χ0v) is 7.05. The highest BCUT2D eigenvalue weighted by molar-refractivity contribution is 9.09. The lowest BCUT2D eigenvalue weighted by Gasteiger charge is -2.23. The Morgan fingerprint density at radius 1 is 1.10 bits per heavy atom. The molecule has 0 fully saturated rings. The fourth-order valence-electron chi connectivity index (χ4n) is 0.389.